The fraction of sp³-hybridized carbons (Fsp3) is 0.429. The first-order chi connectivity index (χ1) is 8.66. The second-order valence-electron chi connectivity index (χ2n) is 4.70. The molecule has 0 aromatic heterocycles. The molecule has 1 atom stereocenters. The van der Waals surface area contributed by atoms with Crippen LogP contribution in [-0.4, -0.2) is 41.4 Å². The summed E-state index contributed by atoms with van der Waals surface area (Å²) in [5.41, 5.74) is 0.722. The van der Waals surface area contributed by atoms with Gasteiger partial charge in [0.05, 0.1) is 6.54 Å². The first-order valence-electron chi connectivity index (χ1n) is 6.20. The van der Waals surface area contributed by atoms with E-state index < -0.39 is 5.97 Å². The minimum Gasteiger partial charge on any atom is -0.480 e. The van der Waals surface area contributed by atoms with Gasteiger partial charge in [-0.2, -0.15) is 0 Å². The van der Waals surface area contributed by atoms with Gasteiger partial charge in [0.25, 0.3) is 0 Å². The van der Waals surface area contributed by atoms with Crippen molar-refractivity contribution in [3.8, 4) is 0 Å². The van der Waals surface area contributed by atoms with Crippen LogP contribution >= 0.6 is 0 Å². The second kappa shape index (κ2) is 5.78. The number of piperidine rings is 1. The highest BCUT2D eigenvalue weighted by Gasteiger charge is 2.27. The Morgan fingerprint density at radius 1 is 1.28 bits per heavy atom. The maximum atomic E-state index is 12.3. The molecule has 1 N–H and O–H groups in total. The van der Waals surface area contributed by atoms with Crippen molar-refractivity contribution >= 4 is 11.8 Å². The predicted molar refractivity (Wildman–Crippen MR) is 67.6 cm³/mol. The van der Waals surface area contributed by atoms with E-state index in [9.17, 15) is 9.59 Å². The van der Waals surface area contributed by atoms with Gasteiger partial charge in [-0.3, -0.25) is 14.5 Å². The smallest absolute Gasteiger partial charge is 0.317 e. The second-order valence-corrected chi connectivity index (χ2v) is 4.70. The summed E-state index contributed by atoms with van der Waals surface area (Å²) in [4.78, 5) is 24.8. The molecule has 0 radical (unpaired) electrons. The quantitative estimate of drug-likeness (QED) is 0.822. The Balaban J connectivity index is 2.00. The Labute approximate surface area is 106 Å². The Morgan fingerprint density at radius 3 is 2.67 bits per heavy atom. The van der Waals surface area contributed by atoms with E-state index in [-0.39, 0.29) is 18.2 Å². The van der Waals surface area contributed by atoms with Crippen LogP contribution in [0.5, 0.6) is 0 Å². The third-order valence-electron chi connectivity index (χ3n) is 3.29. The number of carboxylic acids is 1. The lowest BCUT2D eigenvalue weighted by Crippen LogP contribution is -2.41. The van der Waals surface area contributed by atoms with Crippen LogP contribution in [0.2, 0.25) is 0 Å². The number of hydrogen-bond donors (Lipinski definition) is 1. The number of Topliss-reactive ketones (excluding diaryl/α,β-unsaturated/α-hetero) is 1. The van der Waals surface area contributed by atoms with E-state index in [2.05, 4.69) is 0 Å². The zero-order chi connectivity index (χ0) is 13.0. The highest BCUT2D eigenvalue weighted by molar-refractivity contribution is 5.98. The van der Waals surface area contributed by atoms with Crippen molar-refractivity contribution in [2.75, 3.05) is 19.6 Å². The highest BCUT2D eigenvalue weighted by atomic mass is 16.4. The molecule has 4 heteroatoms. The van der Waals surface area contributed by atoms with Gasteiger partial charge in [-0.05, 0) is 19.4 Å². The number of rotatable bonds is 4. The van der Waals surface area contributed by atoms with Crippen LogP contribution < -0.4 is 0 Å². The molecule has 0 bridgehead atoms. The summed E-state index contributed by atoms with van der Waals surface area (Å²) in [7, 11) is 0. The molecule has 1 fully saturated rings. The largest absolute Gasteiger partial charge is 0.480 e. The number of benzene rings is 1. The maximum absolute atomic E-state index is 12.3. The van der Waals surface area contributed by atoms with Crippen LogP contribution in [0.15, 0.2) is 30.3 Å². The van der Waals surface area contributed by atoms with Crippen LogP contribution in [-0.2, 0) is 4.79 Å². The van der Waals surface area contributed by atoms with Gasteiger partial charge < -0.3 is 5.11 Å². The molecule has 0 amide bonds. The first-order valence-corrected chi connectivity index (χ1v) is 6.20. The minimum absolute atomic E-state index is 0.0264. The Bertz CT molecular complexity index is 430. The Morgan fingerprint density at radius 2 is 2.00 bits per heavy atom. The fourth-order valence-electron chi connectivity index (χ4n) is 2.44. The molecule has 1 heterocycles. The average Bonchev–Trinajstić information content (AvgIpc) is 2.38. The molecule has 4 nitrogen and oxygen atoms in total. The number of nitrogens with zero attached hydrogens (tertiary/aromatic N) is 1. The van der Waals surface area contributed by atoms with Crippen molar-refractivity contribution in [2.45, 2.75) is 12.8 Å². The number of carboxylic acid groups (broad SMARTS) is 1. The van der Waals surface area contributed by atoms with Crippen molar-refractivity contribution in [3.63, 3.8) is 0 Å². The molecule has 2 rings (SSSR count). The number of carbonyl (C=O) groups is 2. The van der Waals surface area contributed by atoms with E-state index in [0.717, 1.165) is 24.9 Å². The van der Waals surface area contributed by atoms with Gasteiger partial charge in [0.15, 0.2) is 5.78 Å². The summed E-state index contributed by atoms with van der Waals surface area (Å²) in [5, 5.41) is 8.78. The van der Waals surface area contributed by atoms with Gasteiger partial charge in [0, 0.05) is 18.0 Å². The molecule has 1 unspecified atom stereocenters. The monoisotopic (exact) mass is 247 g/mol. The summed E-state index contributed by atoms with van der Waals surface area (Å²) in [5.74, 6) is -0.769. The van der Waals surface area contributed by atoms with Gasteiger partial charge >= 0.3 is 5.97 Å². The molecule has 1 aromatic rings. The zero-order valence-electron chi connectivity index (χ0n) is 10.2. The molecular formula is C14H17NO3. The molecular weight excluding hydrogens is 230 g/mol. The van der Waals surface area contributed by atoms with Crippen LogP contribution in [0.25, 0.3) is 0 Å². The summed E-state index contributed by atoms with van der Waals surface area (Å²) in [6.45, 7) is 1.35. The molecule has 1 aliphatic heterocycles. The Kier molecular flexibility index (Phi) is 4.10. The number of ketones is 1. The molecule has 0 spiro atoms. The van der Waals surface area contributed by atoms with E-state index in [0.29, 0.717) is 6.54 Å². The van der Waals surface area contributed by atoms with Crippen LogP contribution in [0, 0.1) is 5.92 Å². The third-order valence-corrected chi connectivity index (χ3v) is 3.29. The zero-order valence-corrected chi connectivity index (χ0v) is 10.2. The standard InChI is InChI=1S/C14H17NO3/c16-13(17)10-15-8-4-7-12(9-15)14(18)11-5-2-1-3-6-11/h1-3,5-6,12H,4,7-10H2,(H,16,17). The molecule has 1 aromatic carbocycles. The van der Waals surface area contributed by atoms with Gasteiger partial charge in [0.1, 0.15) is 0 Å². The lowest BCUT2D eigenvalue weighted by Gasteiger charge is -2.30. The van der Waals surface area contributed by atoms with E-state index in [1.165, 1.54) is 0 Å². The first kappa shape index (κ1) is 12.8. The topological polar surface area (TPSA) is 57.6 Å². The van der Waals surface area contributed by atoms with Crippen molar-refractivity contribution < 1.29 is 14.7 Å². The summed E-state index contributed by atoms with van der Waals surface area (Å²) < 4.78 is 0. The summed E-state index contributed by atoms with van der Waals surface area (Å²) in [6, 6.07) is 9.22. The van der Waals surface area contributed by atoms with E-state index in [4.69, 9.17) is 5.11 Å². The summed E-state index contributed by atoms with van der Waals surface area (Å²) >= 11 is 0. The van der Waals surface area contributed by atoms with E-state index >= 15 is 0 Å². The van der Waals surface area contributed by atoms with Crippen molar-refractivity contribution in [3.05, 3.63) is 35.9 Å². The normalized spacial score (nSPS) is 20.6. The van der Waals surface area contributed by atoms with Gasteiger partial charge in [-0.1, -0.05) is 30.3 Å². The average molecular weight is 247 g/mol. The van der Waals surface area contributed by atoms with Crippen molar-refractivity contribution in [2.24, 2.45) is 5.92 Å². The molecule has 96 valence electrons. The van der Waals surface area contributed by atoms with Gasteiger partial charge in [0.2, 0.25) is 0 Å². The number of aliphatic carboxylic acids is 1. The lowest BCUT2D eigenvalue weighted by molar-refractivity contribution is -0.138. The number of carbonyl (C=O) groups excluding carboxylic acids is 1. The maximum Gasteiger partial charge on any atom is 0.317 e. The van der Waals surface area contributed by atoms with Crippen molar-refractivity contribution in [1.29, 1.82) is 0 Å². The molecule has 1 saturated heterocycles. The SMILES string of the molecule is O=C(O)CN1CCCC(C(=O)c2ccccc2)C1. The molecule has 1 aliphatic rings. The lowest BCUT2D eigenvalue weighted by atomic mass is 9.90. The minimum atomic E-state index is -0.831. The van der Waals surface area contributed by atoms with Crippen LogP contribution in [0.3, 0.4) is 0 Å². The van der Waals surface area contributed by atoms with E-state index in [1.54, 1.807) is 0 Å². The number of likely N-dealkylation sites (tertiary alicyclic amines) is 1. The third kappa shape index (κ3) is 3.17. The van der Waals surface area contributed by atoms with Crippen molar-refractivity contribution in [1.82, 2.24) is 4.90 Å². The predicted octanol–water partition coefficient (Wildman–Crippen LogP) is 1.67. The fourth-order valence-corrected chi connectivity index (χ4v) is 2.44. The van der Waals surface area contributed by atoms with Crippen LogP contribution in [0.4, 0.5) is 0 Å². The molecule has 18 heavy (non-hydrogen) atoms. The molecule has 0 saturated carbocycles. The molecule has 0 aliphatic carbocycles. The van der Waals surface area contributed by atoms with Gasteiger partial charge in [-0.25, -0.2) is 0 Å². The van der Waals surface area contributed by atoms with Crippen LogP contribution in [0.1, 0.15) is 23.2 Å². The number of hydrogen-bond acceptors (Lipinski definition) is 3. The van der Waals surface area contributed by atoms with Gasteiger partial charge in [-0.15, -0.1) is 0 Å². The van der Waals surface area contributed by atoms with E-state index in [1.807, 2.05) is 35.2 Å². The highest BCUT2D eigenvalue weighted by Crippen LogP contribution is 2.20. The summed E-state index contributed by atoms with van der Waals surface area (Å²) in [6.07, 6.45) is 1.74. The Hall–Kier alpha value is -1.68.